The molecule has 2 aliphatic rings. The predicted molar refractivity (Wildman–Crippen MR) is 67.9 cm³/mol. The Labute approximate surface area is 105 Å². The zero-order chi connectivity index (χ0) is 11.0. The Morgan fingerprint density at radius 2 is 2.13 bits per heavy atom. The molecule has 0 aromatic rings. The standard InChI is InChI=1S/C12H17IO2/c1-3-10(14)15-12-7(2)8-5-4-6-9(8)11(12)13/h3,7-9,11-12H,1,4-6H2,2H3. The predicted octanol–water partition coefficient (Wildman–Crippen LogP) is 2.95. The van der Waals surface area contributed by atoms with Crippen molar-refractivity contribution in [2.24, 2.45) is 17.8 Å². The minimum absolute atomic E-state index is 0.103. The fraction of sp³-hybridized carbons (Fsp3) is 0.750. The molecule has 2 fully saturated rings. The van der Waals surface area contributed by atoms with E-state index in [1.807, 2.05) is 0 Å². The monoisotopic (exact) mass is 320 g/mol. The highest BCUT2D eigenvalue weighted by Crippen LogP contribution is 2.51. The van der Waals surface area contributed by atoms with Gasteiger partial charge in [-0.3, -0.25) is 0 Å². The molecule has 2 rings (SSSR count). The maximum atomic E-state index is 11.2. The van der Waals surface area contributed by atoms with Crippen molar-refractivity contribution < 1.29 is 9.53 Å². The van der Waals surface area contributed by atoms with Gasteiger partial charge in [-0.15, -0.1) is 0 Å². The molecule has 0 N–H and O–H groups in total. The lowest BCUT2D eigenvalue weighted by Crippen LogP contribution is -2.28. The van der Waals surface area contributed by atoms with Crippen LogP contribution in [0.2, 0.25) is 0 Å². The van der Waals surface area contributed by atoms with E-state index in [4.69, 9.17) is 4.74 Å². The fourth-order valence-corrected chi connectivity index (χ4v) is 4.89. The quantitative estimate of drug-likeness (QED) is 0.338. The van der Waals surface area contributed by atoms with Crippen LogP contribution >= 0.6 is 22.6 Å². The first-order chi connectivity index (χ1) is 7.15. The molecule has 0 saturated heterocycles. The zero-order valence-electron chi connectivity index (χ0n) is 8.99. The van der Waals surface area contributed by atoms with Crippen LogP contribution in [0, 0.1) is 17.8 Å². The molecule has 5 atom stereocenters. The highest BCUT2D eigenvalue weighted by molar-refractivity contribution is 14.1. The summed E-state index contributed by atoms with van der Waals surface area (Å²) in [5.41, 5.74) is 0. The zero-order valence-corrected chi connectivity index (χ0v) is 11.1. The number of hydrogen-bond donors (Lipinski definition) is 0. The van der Waals surface area contributed by atoms with Gasteiger partial charge < -0.3 is 4.74 Å². The van der Waals surface area contributed by atoms with Gasteiger partial charge in [-0.2, -0.15) is 0 Å². The summed E-state index contributed by atoms with van der Waals surface area (Å²) in [6.07, 6.45) is 5.34. The van der Waals surface area contributed by atoms with Crippen molar-refractivity contribution in [1.29, 1.82) is 0 Å². The Balaban J connectivity index is 2.07. The van der Waals surface area contributed by atoms with Crippen LogP contribution in [0.5, 0.6) is 0 Å². The van der Waals surface area contributed by atoms with Gasteiger partial charge in [-0.1, -0.05) is 42.5 Å². The third-order valence-electron chi connectivity index (χ3n) is 3.96. The molecule has 0 aliphatic heterocycles. The average molecular weight is 320 g/mol. The van der Waals surface area contributed by atoms with E-state index in [1.165, 1.54) is 25.3 Å². The van der Waals surface area contributed by atoms with Crippen molar-refractivity contribution in [3.05, 3.63) is 12.7 Å². The van der Waals surface area contributed by atoms with Crippen LogP contribution in [0.1, 0.15) is 26.2 Å². The van der Waals surface area contributed by atoms with Crippen molar-refractivity contribution in [1.82, 2.24) is 0 Å². The van der Waals surface area contributed by atoms with Crippen LogP contribution < -0.4 is 0 Å². The van der Waals surface area contributed by atoms with Gasteiger partial charge in [0.1, 0.15) is 6.10 Å². The van der Waals surface area contributed by atoms with E-state index in [-0.39, 0.29) is 12.1 Å². The number of hydrogen-bond acceptors (Lipinski definition) is 2. The van der Waals surface area contributed by atoms with Crippen molar-refractivity contribution in [2.45, 2.75) is 36.2 Å². The molecule has 2 nitrogen and oxygen atoms in total. The molecule has 0 radical (unpaired) electrons. The summed E-state index contributed by atoms with van der Waals surface area (Å²) in [6.45, 7) is 5.67. The van der Waals surface area contributed by atoms with E-state index in [0.29, 0.717) is 9.84 Å². The van der Waals surface area contributed by atoms with Gasteiger partial charge in [0.2, 0.25) is 0 Å². The van der Waals surface area contributed by atoms with Crippen molar-refractivity contribution in [3.8, 4) is 0 Å². The highest BCUT2D eigenvalue weighted by Gasteiger charge is 2.50. The first-order valence-corrected chi connectivity index (χ1v) is 6.87. The second-order valence-electron chi connectivity index (χ2n) is 4.67. The van der Waals surface area contributed by atoms with Gasteiger partial charge in [-0.05, 0) is 30.6 Å². The lowest BCUT2D eigenvalue weighted by atomic mass is 9.93. The molecular weight excluding hydrogens is 303 g/mol. The van der Waals surface area contributed by atoms with Crippen molar-refractivity contribution in [2.75, 3.05) is 0 Å². The molecule has 0 spiro atoms. The molecule has 0 amide bonds. The minimum atomic E-state index is -0.270. The van der Waals surface area contributed by atoms with Gasteiger partial charge >= 0.3 is 5.97 Å². The molecule has 2 saturated carbocycles. The van der Waals surface area contributed by atoms with Gasteiger partial charge in [0.25, 0.3) is 0 Å². The number of halogens is 1. The van der Waals surface area contributed by atoms with Crippen molar-refractivity contribution >= 4 is 28.6 Å². The lowest BCUT2D eigenvalue weighted by molar-refractivity contribution is -0.144. The summed E-state index contributed by atoms with van der Waals surface area (Å²) in [7, 11) is 0. The third-order valence-corrected chi connectivity index (χ3v) is 5.59. The molecule has 2 aliphatic carbocycles. The number of ether oxygens (including phenoxy) is 1. The summed E-state index contributed by atoms with van der Waals surface area (Å²) in [4.78, 5) is 11.2. The first kappa shape index (κ1) is 11.4. The van der Waals surface area contributed by atoms with Gasteiger partial charge in [0.05, 0.1) is 3.92 Å². The normalized spacial score (nSPS) is 43.7. The average Bonchev–Trinajstić information content (AvgIpc) is 2.78. The Morgan fingerprint density at radius 1 is 1.47 bits per heavy atom. The SMILES string of the molecule is C=CC(=O)OC1C(C)C2CCCC2C1I. The topological polar surface area (TPSA) is 26.3 Å². The number of esters is 1. The number of carbonyl (C=O) groups excluding carboxylic acids is 1. The molecule has 3 heteroatoms. The Hall–Kier alpha value is -0.0600. The second kappa shape index (κ2) is 4.44. The van der Waals surface area contributed by atoms with E-state index in [0.717, 1.165) is 11.8 Å². The lowest BCUT2D eigenvalue weighted by Gasteiger charge is -2.21. The molecule has 0 bridgehead atoms. The number of alkyl halides is 1. The molecule has 0 heterocycles. The van der Waals surface area contributed by atoms with Crippen LogP contribution in [-0.2, 0) is 9.53 Å². The van der Waals surface area contributed by atoms with Crippen molar-refractivity contribution in [3.63, 3.8) is 0 Å². The molecule has 5 unspecified atom stereocenters. The summed E-state index contributed by atoms with van der Waals surface area (Å²) < 4.78 is 5.95. The summed E-state index contributed by atoms with van der Waals surface area (Å²) in [5.74, 6) is 1.79. The summed E-state index contributed by atoms with van der Waals surface area (Å²) in [5, 5.41) is 0. The van der Waals surface area contributed by atoms with E-state index >= 15 is 0 Å². The van der Waals surface area contributed by atoms with Crippen LogP contribution in [0.15, 0.2) is 12.7 Å². The first-order valence-electron chi connectivity index (χ1n) is 5.62. The summed E-state index contributed by atoms with van der Waals surface area (Å²) >= 11 is 2.46. The number of carbonyl (C=O) groups is 1. The molecule has 0 aromatic heterocycles. The smallest absolute Gasteiger partial charge is 0.330 e. The fourth-order valence-electron chi connectivity index (χ4n) is 3.20. The Morgan fingerprint density at radius 3 is 2.73 bits per heavy atom. The Kier molecular flexibility index (Phi) is 3.38. The van der Waals surface area contributed by atoms with Crippen LogP contribution in [-0.4, -0.2) is 16.0 Å². The largest absolute Gasteiger partial charge is 0.458 e. The third kappa shape index (κ3) is 1.95. The number of fused-ring (bicyclic) bond motifs is 1. The van der Waals surface area contributed by atoms with E-state index in [1.54, 1.807) is 0 Å². The maximum absolute atomic E-state index is 11.2. The molecule has 15 heavy (non-hydrogen) atoms. The summed E-state index contributed by atoms with van der Waals surface area (Å²) in [6, 6.07) is 0. The van der Waals surface area contributed by atoms with E-state index < -0.39 is 0 Å². The second-order valence-corrected chi connectivity index (χ2v) is 6.11. The number of rotatable bonds is 2. The molecule has 84 valence electrons. The van der Waals surface area contributed by atoms with Crippen LogP contribution in [0.25, 0.3) is 0 Å². The minimum Gasteiger partial charge on any atom is -0.458 e. The van der Waals surface area contributed by atoms with E-state index in [9.17, 15) is 4.79 Å². The van der Waals surface area contributed by atoms with Crippen LogP contribution in [0.3, 0.4) is 0 Å². The maximum Gasteiger partial charge on any atom is 0.330 e. The van der Waals surface area contributed by atoms with Gasteiger partial charge in [0, 0.05) is 6.08 Å². The van der Waals surface area contributed by atoms with Crippen LogP contribution in [0.4, 0.5) is 0 Å². The molecular formula is C12H17IO2. The van der Waals surface area contributed by atoms with Gasteiger partial charge in [-0.25, -0.2) is 4.79 Å². The molecule has 0 aromatic carbocycles. The Bertz CT molecular complexity index is 261. The van der Waals surface area contributed by atoms with E-state index in [2.05, 4.69) is 36.1 Å². The highest BCUT2D eigenvalue weighted by atomic mass is 127. The van der Waals surface area contributed by atoms with Gasteiger partial charge in [0.15, 0.2) is 0 Å².